The SMILES string of the molecule is COc1ccc(C(CNC(=O)c2c(-c3ccccc3)noc2C)N2CCCCC2)cc1. The molecular formula is C25H29N3O3. The molecule has 0 aliphatic carbocycles. The van der Waals surface area contributed by atoms with Crippen molar-refractivity contribution >= 4 is 5.91 Å². The number of nitrogens with zero attached hydrogens (tertiary/aromatic N) is 2. The molecule has 0 spiro atoms. The number of rotatable bonds is 7. The quantitative estimate of drug-likeness (QED) is 0.605. The van der Waals surface area contributed by atoms with Crippen LogP contribution in [0.15, 0.2) is 59.1 Å². The molecule has 6 heteroatoms. The fraction of sp³-hybridized carbons (Fsp3) is 0.360. The number of amides is 1. The van der Waals surface area contributed by atoms with Crippen LogP contribution in [-0.4, -0.2) is 42.7 Å². The number of hydrogen-bond donors (Lipinski definition) is 1. The lowest BCUT2D eigenvalue weighted by Gasteiger charge is -2.35. The summed E-state index contributed by atoms with van der Waals surface area (Å²) in [7, 11) is 1.67. The van der Waals surface area contributed by atoms with Gasteiger partial charge in [-0.15, -0.1) is 0 Å². The highest BCUT2D eigenvalue weighted by Gasteiger charge is 2.26. The molecule has 1 aromatic heterocycles. The number of nitrogens with one attached hydrogen (secondary N) is 1. The van der Waals surface area contributed by atoms with Gasteiger partial charge in [0.05, 0.1) is 13.2 Å². The van der Waals surface area contributed by atoms with Crippen molar-refractivity contribution in [3.63, 3.8) is 0 Å². The maximum Gasteiger partial charge on any atom is 0.257 e. The van der Waals surface area contributed by atoms with Gasteiger partial charge in [-0.3, -0.25) is 9.69 Å². The zero-order chi connectivity index (χ0) is 21.6. The summed E-state index contributed by atoms with van der Waals surface area (Å²) in [6.45, 7) is 4.37. The maximum absolute atomic E-state index is 13.2. The number of hydrogen-bond acceptors (Lipinski definition) is 5. The average Bonchev–Trinajstić information content (AvgIpc) is 3.22. The molecule has 2 heterocycles. The van der Waals surface area contributed by atoms with Gasteiger partial charge < -0.3 is 14.6 Å². The Balaban J connectivity index is 1.54. The standard InChI is InChI=1S/C25H29N3O3/c1-18-23(24(27-31-18)20-9-5-3-6-10-20)25(29)26-17-22(28-15-7-4-8-16-28)19-11-13-21(30-2)14-12-19/h3,5-6,9-14,22H,4,7-8,15-17H2,1-2H3,(H,26,29). The second-order valence-corrected chi connectivity index (χ2v) is 7.92. The lowest BCUT2D eigenvalue weighted by atomic mass is 10.0. The largest absolute Gasteiger partial charge is 0.497 e. The number of likely N-dealkylation sites (tertiary alicyclic amines) is 1. The van der Waals surface area contributed by atoms with Gasteiger partial charge in [-0.25, -0.2) is 0 Å². The van der Waals surface area contributed by atoms with Crippen LogP contribution in [-0.2, 0) is 0 Å². The van der Waals surface area contributed by atoms with E-state index in [9.17, 15) is 4.79 Å². The first-order chi connectivity index (χ1) is 15.2. The van der Waals surface area contributed by atoms with Gasteiger partial charge in [0, 0.05) is 12.1 Å². The van der Waals surface area contributed by atoms with Crippen molar-refractivity contribution in [2.45, 2.75) is 32.2 Å². The number of ether oxygens (including phenoxy) is 1. The van der Waals surface area contributed by atoms with E-state index in [0.29, 0.717) is 23.6 Å². The van der Waals surface area contributed by atoms with E-state index < -0.39 is 0 Å². The summed E-state index contributed by atoms with van der Waals surface area (Å²) in [6.07, 6.45) is 3.63. The van der Waals surface area contributed by atoms with Crippen LogP contribution in [0.25, 0.3) is 11.3 Å². The molecule has 1 N–H and O–H groups in total. The van der Waals surface area contributed by atoms with Gasteiger partial charge in [-0.2, -0.15) is 0 Å². The third kappa shape index (κ3) is 4.80. The molecule has 3 aromatic rings. The summed E-state index contributed by atoms with van der Waals surface area (Å²) in [5.41, 5.74) is 3.12. The fourth-order valence-corrected chi connectivity index (χ4v) is 4.22. The number of aromatic nitrogens is 1. The summed E-state index contributed by atoms with van der Waals surface area (Å²) in [4.78, 5) is 15.7. The number of benzene rings is 2. The molecule has 31 heavy (non-hydrogen) atoms. The van der Waals surface area contributed by atoms with E-state index in [1.54, 1.807) is 14.0 Å². The molecule has 1 unspecified atom stereocenters. The zero-order valence-corrected chi connectivity index (χ0v) is 18.1. The Morgan fingerprint density at radius 3 is 2.48 bits per heavy atom. The molecule has 1 atom stereocenters. The van der Waals surface area contributed by atoms with Crippen LogP contribution in [0.5, 0.6) is 5.75 Å². The second kappa shape index (κ2) is 9.79. The van der Waals surface area contributed by atoms with Gasteiger partial charge in [-0.05, 0) is 50.6 Å². The lowest BCUT2D eigenvalue weighted by Crippen LogP contribution is -2.40. The topological polar surface area (TPSA) is 67.6 Å². The van der Waals surface area contributed by atoms with Crippen molar-refractivity contribution in [1.29, 1.82) is 0 Å². The predicted molar refractivity (Wildman–Crippen MR) is 120 cm³/mol. The first-order valence-corrected chi connectivity index (χ1v) is 10.8. The Morgan fingerprint density at radius 1 is 1.10 bits per heavy atom. The van der Waals surface area contributed by atoms with E-state index in [0.717, 1.165) is 24.4 Å². The molecule has 162 valence electrons. The van der Waals surface area contributed by atoms with Crippen LogP contribution < -0.4 is 10.1 Å². The minimum atomic E-state index is -0.159. The van der Waals surface area contributed by atoms with Crippen LogP contribution in [0.2, 0.25) is 0 Å². The molecule has 1 amide bonds. The van der Waals surface area contributed by atoms with E-state index in [1.165, 1.54) is 24.8 Å². The van der Waals surface area contributed by atoms with Gasteiger partial charge in [0.15, 0.2) is 0 Å². The highest BCUT2D eigenvalue weighted by atomic mass is 16.5. The van der Waals surface area contributed by atoms with Crippen molar-refractivity contribution in [3.05, 3.63) is 71.5 Å². The molecule has 1 saturated heterocycles. The summed E-state index contributed by atoms with van der Waals surface area (Å²) in [5, 5.41) is 7.29. The van der Waals surface area contributed by atoms with E-state index >= 15 is 0 Å². The Morgan fingerprint density at radius 2 is 1.81 bits per heavy atom. The number of carbonyl (C=O) groups excluding carboxylic acids is 1. The van der Waals surface area contributed by atoms with Gasteiger partial charge in [0.25, 0.3) is 5.91 Å². The Hall–Kier alpha value is -3.12. The third-order valence-corrected chi connectivity index (χ3v) is 5.92. The average molecular weight is 420 g/mol. The third-order valence-electron chi connectivity index (χ3n) is 5.92. The molecule has 1 aliphatic rings. The van der Waals surface area contributed by atoms with Crippen LogP contribution >= 0.6 is 0 Å². The molecule has 0 radical (unpaired) electrons. The molecule has 1 aliphatic heterocycles. The van der Waals surface area contributed by atoms with Crippen molar-refractivity contribution < 1.29 is 14.1 Å². The highest BCUT2D eigenvalue weighted by Crippen LogP contribution is 2.28. The van der Waals surface area contributed by atoms with Gasteiger partial charge in [0.1, 0.15) is 22.8 Å². The molecule has 0 bridgehead atoms. The van der Waals surface area contributed by atoms with Crippen molar-refractivity contribution in [1.82, 2.24) is 15.4 Å². The molecule has 2 aromatic carbocycles. The number of carbonyl (C=O) groups is 1. The minimum absolute atomic E-state index is 0.107. The van der Waals surface area contributed by atoms with E-state index in [4.69, 9.17) is 9.26 Å². The van der Waals surface area contributed by atoms with Crippen LogP contribution in [0, 0.1) is 6.92 Å². The number of methoxy groups -OCH3 is 1. The van der Waals surface area contributed by atoms with E-state index in [2.05, 4.69) is 27.5 Å². The Labute approximate surface area is 183 Å². The first kappa shape index (κ1) is 21.1. The number of piperidine rings is 1. The van der Waals surface area contributed by atoms with E-state index in [1.807, 2.05) is 42.5 Å². The zero-order valence-electron chi connectivity index (χ0n) is 18.1. The van der Waals surface area contributed by atoms with Crippen molar-refractivity contribution in [2.75, 3.05) is 26.7 Å². The maximum atomic E-state index is 13.2. The lowest BCUT2D eigenvalue weighted by molar-refractivity contribution is 0.0923. The van der Waals surface area contributed by atoms with Crippen LogP contribution in [0.1, 0.15) is 47.0 Å². The monoisotopic (exact) mass is 419 g/mol. The van der Waals surface area contributed by atoms with Crippen molar-refractivity contribution in [2.24, 2.45) is 0 Å². The van der Waals surface area contributed by atoms with Crippen molar-refractivity contribution in [3.8, 4) is 17.0 Å². The minimum Gasteiger partial charge on any atom is -0.497 e. The summed E-state index contributed by atoms with van der Waals surface area (Å²) in [5.74, 6) is 1.20. The van der Waals surface area contributed by atoms with Gasteiger partial charge in [0.2, 0.25) is 0 Å². The first-order valence-electron chi connectivity index (χ1n) is 10.8. The highest BCUT2D eigenvalue weighted by molar-refractivity contribution is 6.00. The van der Waals surface area contributed by atoms with Gasteiger partial charge >= 0.3 is 0 Å². The summed E-state index contributed by atoms with van der Waals surface area (Å²) in [6, 6.07) is 17.9. The van der Waals surface area contributed by atoms with E-state index in [-0.39, 0.29) is 11.9 Å². The Kier molecular flexibility index (Phi) is 6.67. The van der Waals surface area contributed by atoms with Crippen LogP contribution in [0.4, 0.5) is 0 Å². The van der Waals surface area contributed by atoms with Gasteiger partial charge in [-0.1, -0.05) is 54.0 Å². The molecule has 4 rings (SSSR count). The number of aryl methyl sites for hydroxylation is 1. The smallest absolute Gasteiger partial charge is 0.257 e. The molecule has 1 fully saturated rings. The van der Waals surface area contributed by atoms with Crippen LogP contribution in [0.3, 0.4) is 0 Å². The summed E-state index contributed by atoms with van der Waals surface area (Å²) >= 11 is 0. The Bertz CT molecular complexity index is 993. The summed E-state index contributed by atoms with van der Waals surface area (Å²) < 4.78 is 10.7. The second-order valence-electron chi connectivity index (χ2n) is 7.92. The molecule has 6 nitrogen and oxygen atoms in total. The fourth-order valence-electron chi connectivity index (χ4n) is 4.22. The normalized spacial score (nSPS) is 15.4. The predicted octanol–water partition coefficient (Wildman–Crippen LogP) is 4.62. The molecular weight excluding hydrogens is 390 g/mol. The molecule has 0 saturated carbocycles.